The Bertz CT molecular complexity index is 665. The first kappa shape index (κ1) is 12.7. The molecule has 0 fully saturated rings. The molecule has 94 valence electrons. The van der Waals surface area contributed by atoms with Crippen LogP contribution in [-0.4, -0.2) is 24.3 Å². The number of carbonyl (C=O) groups is 1. The molecule has 0 aromatic carbocycles. The lowest BCUT2D eigenvalue weighted by molar-refractivity contribution is 0.0977. The van der Waals surface area contributed by atoms with E-state index in [1.165, 1.54) is 41.2 Å². The average Bonchev–Trinajstić information content (AvgIpc) is 2.77. The Morgan fingerprint density at radius 2 is 2.22 bits per heavy atom. The molecule has 0 spiro atoms. The topological polar surface area (TPSA) is 89.0 Å². The molecular weight excluding hydrogens is 274 g/mol. The van der Waals surface area contributed by atoms with Gasteiger partial charge in [-0.15, -0.1) is 11.3 Å². The van der Waals surface area contributed by atoms with Crippen LogP contribution in [0.3, 0.4) is 0 Å². The van der Waals surface area contributed by atoms with E-state index < -0.39 is 15.9 Å². The summed E-state index contributed by atoms with van der Waals surface area (Å²) in [4.78, 5) is 19.2. The van der Waals surface area contributed by atoms with Crippen molar-refractivity contribution in [2.24, 2.45) is 0 Å². The number of carbonyl (C=O) groups excluding carboxylic acids is 1. The van der Waals surface area contributed by atoms with Gasteiger partial charge in [-0.1, -0.05) is 0 Å². The molecule has 0 aliphatic carbocycles. The summed E-state index contributed by atoms with van der Waals surface area (Å²) < 4.78 is 25.6. The van der Waals surface area contributed by atoms with Crippen LogP contribution >= 0.6 is 11.3 Å². The first-order valence-corrected chi connectivity index (χ1v) is 7.24. The molecule has 0 unspecified atom stereocenters. The quantitative estimate of drug-likeness (QED) is 0.906. The SMILES string of the molecule is Cc1nc(C(=O)NS(=O)(=O)c2cccnc2)cs1. The number of aromatic nitrogens is 2. The molecule has 0 saturated carbocycles. The molecule has 1 N–H and O–H groups in total. The fraction of sp³-hybridized carbons (Fsp3) is 0.100. The standard InChI is InChI=1S/C10H9N3O3S2/c1-7-12-9(6-17-7)10(14)13-18(15,16)8-3-2-4-11-5-8/h2-6H,1H3,(H,13,14). The van der Waals surface area contributed by atoms with Crippen molar-refractivity contribution in [2.45, 2.75) is 11.8 Å². The predicted octanol–water partition coefficient (Wildman–Crippen LogP) is 0.965. The van der Waals surface area contributed by atoms with Crippen molar-refractivity contribution >= 4 is 27.3 Å². The fourth-order valence-electron chi connectivity index (χ4n) is 1.21. The molecule has 2 aromatic heterocycles. The van der Waals surface area contributed by atoms with E-state index in [4.69, 9.17) is 0 Å². The van der Waals surface area contributed by atoms with Crippen LogP contribution in [0, 0.1) is 6.92 Å². The Morgan fingerprint density at radius 3 is 2.78 bits per heavy atom. The van der Waals surface area contributed by atoms with Gasteiger partial charge >= 0.3 is 0 Å². The molecule has 2 aromatic rings. The number of aryl methyl sites for hydroxylation is 1. The van der Waals surface area contributed by atoms with Gasteiger partial charge in [0.1, 0.15) is 10.6 Å². The Morgan fingerprint density at radius 1 is 1.44 bits per heavy atom. The van der Waals surface area contributed by atoms with Gasteiger partial charge in [0.2, 0.25) is 0 Å². The molecule has 0 aliphatic rings. The van der Waals surface area contributed by atoms with Gasteiger partial charge in [-0.3, -0.25) is 9.78 Å². The van der Waals surface area contributed by atoms with E-state index in [0.29, 0.717) is 5.01 Å². The number of rotatable bonds is 3. The predicted molar refractivity (Wildman–Crippen MR) is 65.7 cm³/mol. The molecule has 0 radical (unpaired) electrons. The van der Waals surface area contributed by atoms with E-state index in [2.05, 4.69) is 9.97 Å². The number of nitrogens with one attached hydrogen (secondary N) is 1. The van der Waals surface area contributed by atoms with Gasteiger partial charge in [-0.25, -0.2) is 18.1 Å². The van der Waals surface area contributed by atoms with E-state index in [1.807, 2.05) is 4.72 Å². The highest BCUT2D eigenvalue weighted by atomic mass is 32.2. The number of amides is 1. The Labute approximate surface area is 108 Å². The minimum absolute atomic E-state index is 0.0645. The Hall–Kier alpha value is -1.80. The van der Waals surface area contributed by atoms with E-state index in [0.717, 1.165) is 0 Å². The summed E-state index contributed by atoms with van der Waals surface area (Å²) in [5.41, 5.74) is 0.0879. The zero-order valence-electron chi connectivity index (χ0n) is 9.32. The van der Waals surface area contributed by atoms with Crippen LogP contribution in [0.5, 0.6) is 0 Å². The van der Waals surface area contributed by atoms with Crippen LogP contribution in [0.2, 0.25) is 0 Å². The van der Waals surface area contributed by atoms with Crippen molar-refractivity contribution in [3.8, 4) is 0 Å². The van der Waals surface area contributed by atoms with Crippen molar-refractivity contribution in [2.75, 3.05) is 0 Å². The molecule has 18 heavy (non-hydrogen) atoms. The van der Waals surface area contributed by atoms with Gasteiger partial charge in [-0.2, -0.15) is 0 Å². The largest absolute Gasteiger partial charge is 0.284 e. The average molecular weight is 283 g/mol. The van der Waals surface area contributed by atoms with Gasteiger partial charge in [0.05, 0.1) is 5.01 Å². The maximum absolute atomic E-state index is 11.8. The smallest absolute Gasteiger partial charge is 0.266 e. The molecule has 0 atom stereocenters. The molecule has 0 bridgehead atoms. The third-order valence-electron chi connectivity index (χ3n) is 2.02. The van der Waals surface area contributed by atoms with E-state index in [9.17, 15) is 13.2 Å². The second-order valence-electron chi connectivity index (χ2n) is 3.38. The van der Waals surface area contributed by atoms with Crippen molar-refractivity contribution in [3.05, 3.63) is 40.6 Å². The third kappa shape index (κ3) is 2.71. The minimum Gasteiger partial charge on any atom is -0.266 e. The summed E-state index contributed by atoms with van der Waals surface area (Å²) >= 11 is 1.28. The normalized spacial score (nSPS) is 11.2. The number of pyridine rings is 1. The molecule has 0 aliphatic heterocycles. The molecule has 0 saturated heterocycles. The summed E-state index contributed by atoms with van der Waals surface area (Å²) in [5, 5.41) is 2.20. The lowest BCUT2D eigenvalue weighted by Gasteiger charge is -2.04. The summed E-state index contributed by atoms with van der Waals surface area (Å²) in [6, 6.07) is 2.83. The van der Waals surface area contributed by atoms with Crippen LogP contribution < -0.4 is 4.72 Å². The highest BCUT2D eigenvalue weighted by molar-refractivity contribution is 7.90. The van der Waals surface area contributed by atoms with Gasteiger partial charge < -0.3 is 0 Å². The van der Waals surface area contributed by atoms with E-state index in [1.54, 1.807) is 6.92 Å². The van der Waals surface area contributed by atoms with Crippen molar-refractivity contribution in [1.29, 1.82) is 0 Å². The lowest BCUT2D eigenvalue weighted by Crippen LogP contribution is -2.30. The van der Waals surface area contributed by atoms with Crippen molar-refractivity contribution in [3.63, 3.8) is 0 Å². The molecule has 2 rings (SSSR count). The van der Waals surface area contributed by atoms with Gasteiger partial charge in [0.15, 0.2) is 0 Å². The number of thiazole rings is 1. The van der Waals surface area contributed by atoms with Crippen molar-refractivity contribution < 1.29 is 13.2 Å². The van der Waals surface area contributed by atoms with Gasteiger partial charge in [0.25, 0.3) is 15.9 Å². The maximum atomic E-state index is 11.8. The van der Waals surface area contributed by atoms with Crippen LogP contribution in [0.25, 0.3) is 0 Å². The Kier molecular flexibility index (Phi) is 3.39. The summed E-state index contributed by atoms with van der Waals surface area (Å²) in [6.07, 6.45) is 2.62. The number of hydrogen-bond donors (Lipinski definition) is 1. The van der Waals surface area contributed by atoms with Crippen LogP contribution in [0.4, 0.5) is 0 Å². The summed E-state index contributed by atoms with van der Waals surface area (Å²) in [7, 11) is -3.90. The molecule has 1 amide bonds. The molecule has 2 heterocycles. The van der Waals surface area contributed by atoms with Crippen LogP contribution in [0.1, 0.15) is 15.5 Å². The lowest BCUT2D eigenvalue weighted by atomic mass is 10.5. The van der Waals surface area contributed by atoms with Gasteiger partial charge in [0, 0.05) is 17.8 Å². The summed E-state index contributed by atoms with van der Waals surface area (Å²) in [5.74, 6) is -0.747. The zero-order valence-corrected chi connectivity index (χ0v) is 11.0. The second kappa shape index (κ2) is 4.83. The second-order valence-corrected chi connectivity index (χ2v) is 6.12. The molecule has 8 heteroatoms. The van der Waals surface area contributed by atoms with Gasteiger partial charge in [-0.05, 0) is 19.1 Å². The van der Waals surface area contributed by atoms with Crippen molar-refractivity contribution in [1.82, 2.24) is 14.7 Å². The Balaban J connectivity index is 2.22. The number of hydrogen-bond acceptors (Lipinski definition) is 6. The number of nitrogens with zero attached hydrogens (tertiary/aromatic N) is 2. The van der Waals surface area contributed by atoms with Crippen LogP contribution in [-0.2, 0) is 10.0 Å². The monoisotopic (exact) mass is 283 g/mol. The zero-order chi connectivity index (χ0) is 13.2. The maximum Gasteiger partial charge on any atom is 0.284 e. The third-order valence-corrected chi connectivity index (χ3v) is 4.11. The van der Waals surface area contributed by atoms with E-state index >= 15 is 0 Å². The minimum atomic E-state index is -3.90. The van der Waals surface area contributed by atoms with Crippen LogP contribution in [0.15, 0.2) is 34.8 Å². The van der Waals surface area contributed by atoms with E-state index in [-0.39, 0.29) is 10.6 Å². The first-order valence-electron chi connectivity index (χ1n) is 4.88. The number of sulfonamides is 1. The fourth-order valence-corrected chi connectivity index (χ4v) is 2.72. The highest BCUT2D eigenvalue weighted by Crippen LogP contribution is 2.10. The molecule has 6 nitrogen and oxygen atoms in total. The first-order chi connectivity index (χ1) is 8.49. The summed E-state index contributed by atoms with van der Waals surface area (Å²) in [6.45, 7) is 1.73. The molecular formula is C10H9N3O3S2. The highest BCUT2D eigenvalue weighted by Gasteiger charge is 2.20.